The second-order valence-electron chi connectivity index (χ2n) is 5.85. The van der Waals surface area contributed by atoms with Crippen LogP contribution in [0.3, 0.4) is 0 Å². The van der Waals surface area contributed by atoms with Gasteiger partial charge in [-0.15, -0.1) is 0 Å². The van der Waals surface area contributed by atoms with Crippen LogP contribution in [0.15, 0.2) is 36.7 Å². The summed E-state index contributed by atoms with van der Waals surface area (Å²) >= 11 is 0. The lowest BCUT2D eigenvalue weighted by Gasteiger charge is -2.26. The van der Waals surface area contributed by atoms with Crippen molar-refractivity contribution in [1.29, 1.82) is 0 Å². The molecule has 1 aromatic carbocycles. The van der Waals surface area contributed by atoms with Crippen LogP contribution in [0.5, 0.6) is 0 Å². The van der Waals surface area contributed by atoms with Gasteiger partial charge in [-0.1, -0.05) is 12.1 Å². The van der Waals surface area contributed by atoms with Crippen LogP contribution in [0.1, 0.15) is 11.1 Å². The average Bonchev–Trinajstić information content (AvgIpc) is 2.93. The number of carbonyl (C=O) groups excluding carboxylic acids is 1. The number of morpholine rings is 1. The molecular weight excluding hydrogens is 292 g/mol. The molecule has 1 N–H and O–H groups in total. The number of hydrogen-bond acceptors (Lipinski definition) is 4. The maximum absolute atomic E-state index is 12.1. The van der Waals surface area contributed by atoms with E-state index in [9.17, 15) is 4.79 Å². The lowest BCUT2D eigenvalue weighted by atomic mass is 10.2. The molecule has 1 aromatic heterocycles. The van der Waals surface area contributed by atoms with Crippen molar-refractivity contribution in [3.8, 4) is 0 Å². The summed E-state index contributed by atoms with van der Waals surface area (Å²) in [6.07, 6.45) is 3.60. The molecule has 1 saturated heterocycles. The molecule has 1 aliphatic heterocycles. The quantitative estimate of drug-likeness (QED) is 0.912. The van der Waals surface area contributed by atoms with E-state index in [2.05, 4.69) is 21.4 Å². The van der Waals surface area contributed by atoms with Gasteiger partial charge in [0.2, 0.25) is 5.91 Å². The van der Waals surface area contributed by atoms with E-state index in [4.69, 9.17) is 4.74 Å². The summed E-state index contributed by atoms with van der Waals surface area (Å²) in [5.41, 5.74) is 3.06. The molecule has 0 saturated carbocycles. The van der Waals surface area contributed by atoms with Crippen molar-refractivity contribution in [2.75, 3.05) is 31.6 Å². The zero-order chi connectivity index (χ0) is 16.1. The van der Waals surface area contributed by atoms with E-state index >= 15 is 0 Å². The van der Waals surface area contributed by atoms with Crippen LogP contribution in [-0.4, -0.2) is 46.9 Å². The first-order chi connectivity index (χ1) is 11.2. The average molecular weight is 314 g/mol. The van der Waals surface area contributed by atoms with E-state index in [1.54, 1.807) is 10.9 Å². The van der Waals surface area contributed by atoms with Crippen LogP contribution in [0.25, 0.3) is 0 Å². The van der Waals surface area contributed by atoms with E-state index in [0.717, 1.165) is 44.1 Å². The summed E-state index contributed by atoms with van der Waals surface area (Å²) in [6, 6.07) is 8.00. The third kappa shape index (κ3) is 4.64. The van der Waals surface area contributed by atoms with Gasteiger partial charge in [-0.3, -0.25) is 14.4 Å². The van der Waals surface area contributed by atoms with Crippen molar-refractivity contribution in [2.45, 2.75) is 20.0 Å². The Balaban J connectivity index is 1.57. The summed E-state index contributed by atoms with van der Waals surface area (Å²) in [7, 11) is 0. The molecule has 0 bridgehead atoms. The van der Waals surface area contributed by atoms with Gasteiger partial charge in [-0.25, -0.2) is 0 Å². The van der Waals surface area contributed by atoms with E-state index in [1.165, 1.54) is 5.56 Å². The van der Waals surface area contributed by atoms with Crippen molar-refractivity contribution in [2.24, 2.45) is 0 Å². The normalized spacial score (nSPS) is 15.5. The Morgan fingerprint density at radius 2 is 2.17 bits per heavy atom. The van der Waals surface area contributed by atoms with Gasteiger partial charge in [-0.2, -0.15) is 5.10 Å². The number of ether oxygens (including phenoxy) is 1. The van der Waals surface area contributed by atoms with Gasteiger partial charge >= 0.3 is 0 Å². The number of nitrogens with one attached hydrogen (secondary N) is 1. The van der Waals surface area contributed by atoms with Crippen molar-refractivity contribution < 1.29 is 9.53 Å². The number of benzene rings is 1. The van der Waals surface area contributed by atoms with Gasteiger partial charge < -0.3 is 10.1 Å². The largest absolute Gasteiger partial charge is 0.379 e. The highest BCUT2D eigenvalue weighted by Gasteiger charge is 2.11. The van der Waals surface area contributed by atoms with Crippen molar-refractivity contribution in [1.82, 2.24) is 14.7 Å². The Morgan fingerprint density at radius 3 is 2.91 bits per heavy atom. The molecule has 1 fully saturated rings. The summed E-state index contributed by atoms with van der Waals surface area (Å²) < 4.78 is 7.01. The second kappa shape index (κ2) is 7.39. The third-order valence-corrected chi connectivity index (χ3v) is 3.79. The predicted octanol–water partition coefficient (Wildman–Crippen LogP) is 1.66. The molecule has 0 radical (unpaired) electrons. The van der Waals surface area contributed by atoms with Gasteiger partial charge in [0, 0.05) is 31.5 Å². The first-order valence-electron chi connectivity index (χ1n) is 7.87. The highest BCUT2D eigenvalue weighted by molar-refractivity contribution is 5.90. The van der Waals surface area contributed by atoms with Gasteiger partial charge in [0.15, 0.2) is 0 Å². The van der Waals surface area contributed by atoms with Crippen LogP contribution in [0, 0.1) is 6.92 Å². The van der Waals surface area contributed by atoms with Crippen LogP contribution in [0.2, 0.25) is 0 Å². The van der Waals surface area contributed by atoms with Crippen LogP contribution in [0.4, 0.5) is 5.69 Å². The molecule has 3 rings (SSSR count). The molecule has 6 heteroatoms. The number of rotatable bonds is 5. The maximum Gasteiger partial charge on any atom is 0.246 e. The zero-order valence-corrected chi connectivity index (χ0v) is 13.4. The van der Waals surface area contributed by atoms with Crippen LogP contribution in [-0.2, 0) is 22.6 Å². The van der Waals surface area contributed by atoms with Gasteiger partial charge in [-0.05, 0) is 30.2 Å². The fourth-order valence-electron chi connectivity index (χ4n) is 2.67. The lowest BCUT2D eigenvalue weighted by molar-refractivity contribution is -0.116. The maximum atomic E-state index is 12.1. The third-order valence-electron chi connectivity index (χ3n) is 3.79. The van der Waals surface area contributed by atoms with E-state index in [-0.39, 0.29) is 12.5 Å². The molecule has 0 aliphatic carbocycles. The fourth-order valence-corrected chi connectivity index (χ4v) is 2.67. The Hall–Kier alpha value is -2.18. The number of amides is 1. The molecule has 0 atom stereocenters. The highest BCUT2D eigenvalue weighted by atomic mass is 16.5. The zero-order valence-electron chi connectivity index (χ0n) is 13.4. The van der Waals surface area contributed by atoms with Crippen LogP contribution < -0.4 is 5.32 Å². The number of hydrogen-bond donors (Lipinski definition) is 1. The summed E-state index contributed by atoms with van der Waals surface area (Å²) in [6.45, 7) is 6.55. The summed E-state index contributed by atoms with van der Waals surface area (Å²) in [5.74, 6) is -0.0726. The van der Waals surface area contributed by atoms with Gasteiger partial charge in [0.1, 0.15) is 6.54 Å². The monoisotopic (exact) mass is 314 g/mol. The number of nitrogens with zero attached hydrogens (tertiary/aromatic N) is 3. The summed E-state index contributed by atoms with van der Waals surface area (Å²) in [5, 5.41) is 7.06. The molecule has 23 heavy (non-hydrogen) atoms. The van der Waals surface area contributed by atoms with Crippen LogP contribution >= 0.6 is 0 Å². The first kappa shape index (κ1) is 15.7. The molecule has 1 aliphatic rings. The number of anilines is 1. The SMILES string of the molecule is Cc1cnn(CC(=O)Nc2cccc(CN3CCOCC3)c2)c1. The molecule has 6 nitrogen and oxygen atoms in total. The minimum Gasteiger partial charge on any atom is -0.379 e. The fraction of sp³-hybridized carbons (Fsp3) is 0.412. The topological polar surface area (TPSA) is 59.4 Å². The Morgan fingerprint density at radius 1 is 1.35 bits per heavy atom. The molecule has 0 unspecified atom stereocenters. The van der Waals surface area contributed by atoms with E-state index < -0.39 is 0 Å². The van der Waals surface area contributed by atoms with E-state index in [1.807, 2.05) is 31.3 Å². The molecule has 1 amide bonds. The smallest absolute Gasteiger partial charge is 0.246 e. The van der Waals surface area contributed by atoms with Crippen molar-refractivity contribution in [3.63, 3.8) is 0 Å². The molecular formula is C17H22N4O2. The Kier molecular flexibility index (Phi) is 5.05. The molecule has 2 aromatic rings. The van der Waals surface area contributed by atoms with E-state index in [0.29, 0.717) is 0 Å². The Labute approximate surface area is 136 Å². The molecule has 0 spiro atoms. The van der Waals surface area contributed by atoms with Gasteiger partial charge in [0.25, 0.3) is 0 Å². The number of carbonyl (C=O) groups is 1. The predicted molar refractivity (Wildman–Crippen MR) is 88.1 cm³/mol. The highest BCUT2D eigenvalue weighted by Crippen LogP contribution is 2.13. The second-order valence-corrected chi connectivity index (χ2v) is 5.85. The minimum atomic E-state index is -0.0726. The minimum absolute atomic E-state index is 0.0726. The number of aryl methyl sites for hydroxylation is 1. The first-order valence-corrected chi connectivity index (χ1v) is 7.87. The molecule has 2 heterocycles. The Bertz CT molecular complexity index is 662. The lowest BCUT2D eigenvalue weighted by Crippen LogP contribution is -2.35. The summed E-state index contributed by atoms with van der Waals surface area (Å²) in [4.78, 5) is 14.5. The standard InChI is InChI=1S/C17H22N4O2/c1-14-10-18-21(11-14)13-17(22)19-16-4-2-3-15(9-16)12-20-5-7-23-8-6-20/h2-4,9-11H,5-8,12-13H2,1H3,(H,19,22). The number of aromatic nitrogens is 2. The van der Waals surface area contributed by atoms with Gasteiger partial charge in [0.05, 0.1) is 19.4 Å². The molecule has 122 valence electrons. The van der Waals surface area contributed by atoms with Crippen molar-refractivity contribution in [3.05, 3.63) is 47.8 Å². The van der Waals surface area contributed by atoms with Crippen molar-refractivity contribution >= 4 is 11.6 Å².